The SMILES string of the molecule is C=C(C)C(=O)Oc1c(Sc2ccccc2)cc(OC)c2cc(Cl)ccc12. The van der Waals surface area contributed by atoms with Crippen LogP contribution in [-0.2, 0) is 4.79 Å². The molecule has 0 unspecified atom stereocenters. The van der Waals surface area contributed by atoms with Crippen molar-refractivity contribution in [3.05, 3.63) is 71.8 Å². The van der Waals surface area contributed by atoms with Crippen molar-refractivity contribution in [2.45, 2.75) is 16.7 Å². The molecule has 0 N–H and O–H groups in total. The lowest BCUT2D eigenvalue weighted by Crippen LogP contribution is -2.09. The van der Waals surface area contributed by atoms with E-state index in [4.69, 9.17) is 21.1 Å². The van der Waals surface area contributed by atoms with Gasteiger partial charge in [0.05, 0.1) is 12.0 Å². The molecule has 0 saturated heterocycles. The Labute approximate surface area is 161 Å². The van der Waals surface area contributed by atoms with Gasteiger partial charge in [0.15, 0.2) is 5.75 Å². The van der Waals surface area contributed by atoms with Gasteiger partial charge in [-0.15, -0.1) is 0 Å². The average molecular weight is 385 g/mol. The Morgan fingerprint density at radius 1 is 1.08 bits per heavy atom. The Balaban J connectivity index is 2.21. The Hall–Kier alpha value is -2.43. The molecule has 0 saturated carbocycles. The first-order valence-electron chi connectivity index (χ1n) is 7.90. The Morgan fingerprint density at radius 2 is 1.81 bits per heavy atom. The first-order chi connectivity index (χ1) is 12.5. The average Bonchev–Trinajstić information content (AvgIpc) is 2.63. The van der Waals surface area contributed by atoms with E-state index in [0.29, 0.717) is 22.1 Å². The van der Waals surface area contributed by atoms with E-state index >= 15 is 0 Å². The molecule has 0 aliphatic rings. The molecule has 0 aromatic heterocycles. The van der Waals surface area contributed by atoms with Gasteiger partial charge in [0, 0.05) is 26.3 Å². The number of hydrogen-bond acceptors (Lipinski definition) is 4. The summed E-state index contributed by atoms with van der Waals surface area (Å²) in [4.78, 5) is 14.0. The number of hydrogen-bond donors (Lipinski definition) is 0. The maximum absolute atomic E-state index is 12.2. The minimum Gasteiger partial charge on any atom is -0.496 e. The summed E-state index contributed by atoms with van der Waals surface area (Å²) in [6.45, 7) is 5.29. The molecule has 132 valence electrons. The second-order valence-corrected chi connectivity index (χ2v) is 7.23. The van der Waals surface area contributed by atoms with Gasteiger partial charge in [0.2, 0.25) is 0 Å². The Kier molecular flexibility index (Phi) is 5.55. The molecule has 0 atom stereocenters. The number of benzene rings is 3. The fraction of sp³-hybridized carbons (Fsp3) is 0.0952. The zero-order chi connectivity index (χ0) is 18.7. The molecule has 3 nitrogen and oxygen atoms in total. The summed E-state index contributed by atoms with van der Waals surface area (Å²) in [7, 11) is 1.60. The molecule has 0 aliphatic carbocycles. The van der Waals surface area contributed by atoms with Crippen LogP contribution in [0, 0.1) is 0 Å². The van der Waals surface area contributed by atoms with Crippen molar-refractivity contribution in [1.82, 2.24) is 0 Å². The molecule has 3 aromatic rings. The van der Waals surface area contributed by atoms with Crippen molar-refractivity contribution in [3.8, 4) is 11.5 Å². The van der Waals surface area contributed by atoms with Crippen LogP contribution in [-0.4, -0.2) is 13.1 Å². The summed E-state index contributed by atoms with van der Waals surface area (Å²) in [5.74, 6) is 0.664. The first-order valence-corrected chi connectivity index (χ1v) is 9.10. The predicted octanol–water partition coefficient (Wildman–Crippen LogP) is 6.13. The van der Waals surface area contributed by atoms with Crippen LogP contribution < -0.4 is 9.47 Å². The van der Waals surface area contributed by atoms with Crippen LogP contribution in [0.1, 0.15) is 6.92 Å². The third-order valence-electron chi connectivity index (χ3n) is 3.71. The minimum atomic E-state index is -0.471. The van der Waals surface area contributed by atoms with Gasteiger partial charge in [-0.2, -0.15) is 0 Å². The van der Waals surface area contributed by atoms with E-state index in [2.05, 4.69) is 6.58 Å². The maximum Gasteiger partial charge on any atom is 0.338 e. The summed E-state index contributed by atoms with van der Waals surface area (Å²) >= 11 is 7.64. The van der Waals surface area contributed by atoms with E-state index in [9.17, 15) is 4.79 Å². The first kappa shape index (κ1) is 18.4. The van der Waals surface area contributed by atoms with Crippen LogP contribution in [0.25, 0.3) is 10.8 Å². The van der Waals surface area contributed by atoms with E-state index in [-0.39, 0.29) is 0 Å². The molecule has 0 radical (unpaired) electrons. The number of carbonyl (C=O) groups excluding carboxylic acids is 1. The largest absolute Gasteiger partial charge is 0.496 e. The van der Waals surface area contributed by atoms with Crippen LogP contribution in [0.4, 0.5) is 0 Å². The second kappa shape index (κ2) is 7.85. The van der Waals surface area contributed by atoms with E-state index in [1.54, 1.807) is 26.2 Å². The standard InChI is InChI=1S/C21H17ClO3S/c1-13(2)21(23)25-20-16-10-9-14(22)11-17(16)18(24-3)12-19(20)26-15-7-5-4-6-8-15/h4-12H,1H2,2-3H3. The molecule has 0 fully saturated rings. The molecule has 0 amide bonds. The van der Waals surface area contributed by atoms with Crippen molar-refractivity contribution in [2.75, 3.05) is 7.11 Å². The fourth-order valence-electron chi connectivity index (χ4n) is 2.46. The van der Waals surface area contributed by atoms with E-state index < -0.39 is 5.97 Å². The summed E-state index contributed by atoms with van der Waals surface area (Å²) in [5, 5.41) is 2.11. The highest BCUT2D eigenvalue weighted by Gasteiger charge is 2.18. The van der Waals surface area contributed by atoms with Crippen LogP contribution in [0.5, 0.6) is 11.5 Å². The van der Waals surface area contributed by atoms with Crippen LogP contribution in [0.15, 0.2) is 76.5 Å². The van der Waals surface area contributed by atoms with Crippen LogP contribution in [0.3, 0.4) is 0 Å². The summed E-state index contributed by atoms with van der Waals surface area (Å²) in [5.41, 5.74) is 0.332. The van der Waals surface area contributed by atoms with Crippen molar-refractivity contribution in [2.24, 2.45) is 0 Å². The molecule has 0 aliphatic heterocycles. The second-order valence-electron chi connectivity index (χ2n) is 5.68. The van der Waals surface area contributed by atoms with E-state index in [1.165, 1.54) is 11.8 Å². The van der Waals surface area contributed by atoms with Gasteiger partial charge < -0.3 is 9.47 Å². The minimum absolute atomic E-state index is 0.332. The number of carbonyl (C=O) groups is 1. The lowest BCUT2D eigenvalue weighted by Gasteiger charge is -2.16. The third kappa shape index (κ3) is 3.87. The molecule has 5 heteroatoms. The third-order valence-corrected chi connectivity index (χ3v) is 4.98. The number of methoxy groups -OCH3 is 1. The molecular weight excluding hydrogens is 368 g/mol. The molecule has 3 aromatic carbocycles. The maximum atomic E-state index is 12.2. The molecule has 0 bridgehead atoms. The number of ether oxygens (including phenoxy) is 2. The highest BCUT2D eigenvalue weighted by molar-refractivity contribution is 7.99. The van der Waals surface area contributed by atoms with Gasteiger partial charge in [-0.05, 0) is 43.3 Å². The van der Waals surface area contributed by atoms with Gasteiger partial charge in [-0.1, -0.05) is 48.1 Å². The molecular formula is C21H17ClO3S. The predicted molar refractivity (Wildman–Crippen MR) is 107 cm³/mol. The topological polar surface area (TPSA) is 35.5 Å². The number of fused-ring (bicyclic) bond motifs is 1. The molecule has 0 heterocycles. The van der Waals surface area contributed by atoms with E-state index in [0.717, 1.165) is 20.6 Å². The van der Waals surface area contributed by atoms with Crippen molar-refractivity contribution in [3.63, 3.8) is 0 Å². The summed E-state index contributed by atoms with van der Waals surface area (Å²) in [6, 6.07) is 17.1. The summed E-state index contributed by atoms with van der Waals surface area (Å²) < 4.78 is 11.2. The number of halogens is 1. The molecule has 0 spiro atoms. The van der Waals surface area contributed by atoms with Crippen LogP contribution in [0.2, 0.25) is 5.02 Å². The number of esters is 1. The van der Waals surface area contributed by atoms with Gasteiger partial charge in [0.25, 0.3) is 0 Å². The van der Waals surface area contributed by atoms with Gasteiger partial charge in [0.1, 0.15) is 5.75 Å². The Bertz CT molecular complexity index is 983. The molecule has 26 heavy (non-hydrogen) atoms. The lowest BCUT2D eigenvalue weighted by molar-refractivity contribution is -0.130. The molecule has 3 rings (SSSR count). The summed E-state index contributed by atoms with van der Waals surface area (Å²) in [6.07, 6.45) is 0. The zero-order valence-corrected chi connectivity index (χ0v) is 16.0. The zero-order valence-electron chi connectivity index (χ0n) is 14.4. The lowest BCUT2D eigenvalue weighted by atomic mass is 10.1. The van der Waals surface area contributed by atoms with Crippen molar-refractivity contribution < 1.29 is 14.3 Å². The normalized spacial score (nSPS) is 10.6. The van der Waals surface area contributed by atoms with Crippen molar-refractivity contribution >= 4 is 40.1 Å². The smallest absolute Gasteiger partial charge is 0.338 e. The van der Waals surface area contributed by atoms with Gasteiger partial charge >= 0.3 is 5.97 Å². The number of rotatable bonds is 5. The quantitative estimate of drug-likeness (QED) is 0.301. The van der Waals surface area contributed by atoms with E-state index in [1.807, 2.05) is 42.5 Å². The monoisotopic (exact) mass is 384 g/mol. The van der Waals surface area contributed by atoms with Gasteiger partial charge in [-0.25, -0.2) is 4.79 Å². The van der Waals surface area contributed by atoms with Crippen LogP contribution >= 0.6 is 23.4 Å². The Morgan fingerprint density at radius 3 is 2.46 bits per heavy atom. The highest BCUT2D eigenvalue weighted by Crippen LogP contribution is 2.44. The highest BCUT2D eigenvalue weighted by atomic mass is 35.5. The van der Waals surface area contributed by atoms with Gasteiger partial charge in [-0.3, -0.25) is 0 Å². The van der Waals surface area contributed by atoms with Crippen molar-refractivity contribution in [1.29, 1.82) is 0 Å². The fourth-order valence-corrected chi connectivity index (χ4v) is 3.59.